The lowest BCUT2D eigenvalue weighted by Gasteiger charge is -2.31. The zero-order valence-electron chi connectivity index (χ0n) is 18.4. The van der Waals surface area contributed by atoms with Gasteiger partial charge in [0.25, 0.3) is 5.91 Å². The summed E-state index contributed by atoms with van der Waals surface area (Å²) < 4.78 is 5.60. The third-order valence-corrected chi connectivity index (χ3v) is 6.13. The number of anilines is 2. The molecule has 0 bridgehead atoms. The minimum absolute atomic E-state index is 0.0539. The Morgan fingerprint density at radius 3 is 2.65 bits per heavy atom. The summed E-state index contributed by atoms with van der Waals surface area (Å²) in [5, 5.41) is 3.01. The molecule has 1 aliphatic carbocycles. The molecule has 0 atom stereocenters. The van der Waals surface area contributed by atoms with E-state index in [0.29, 0.717) is 17.8 Å². The minimum Gasteiger partial charge on any atom is -0.467 e. The van der Waals surface area contributed by atoms with Crippen LogP contribution in [0.25, 0.3) is 0 Å². The Hall–Kier alpha value is -2.76. The Kier molecular flexibility index (Phi) is 6.95. The van der Waals surface area contributed by atoms with Gasteiger partial charge in [0.2, 0.25) is 5.91 Å². The highest BCUT2D eigenvalue weighted by molar-refractivity contribution is 6.02. The number of carbonyl (C=O) groups is 2. The molecule has 6 nitrogen and oxygen atoms in total. The monoisotopic (exact) mass is 423 g/mol. The number of carbonyl (C=O) groups excluding carboxylic acids is 2. The number of hydrogen-bond acceptors (Lipinski definition) is 4. The van der Waals surface area contributed by atoms with E-state index < -0.39 is 0 Å². The van der Waals surface area contributed by atoms with Gasteiger partial charge in [-0.1, -0.05) is 13.3 Å². The van der Waals surface area contributed by atoms with Gasteiger partial charge in [0.1, 0.15) is 5.76 Å². The third-order valence-electron chi connectivity index (χ3n) is 6.13. The van der Waals surface area contributed by atoms with Gasteiger partial charge in [-0.2, -0.15) is 0 Å². The Labute approximate surface area is 184 Å². The number of piperidine rings is 1. The largest absolute Gasteiger partial charge is 0.467 e. The number of amides is 2. The maximum absolute atomic E-state index is 13.5. The fourth-order valence-corrected chi connectivity index (χ4v) is 4.14. The molecule has 1 saturated heterocycles. The molecule has 0 unspecified atom stereocenters. The standard InChI is InChI=1S/C25H33N3O3/c1-2-3-13-28(18-21-8-7-16-31-21)23-12-11-20(26-24(29)19-9-10-19)17-22(23)25(30)27-14-5-4-6-15-27/h7-8,11-12,16-17,19H,2-6,9-10,13-15,18H2,1H3,(H,26,29). The van der Waals surface area contributed by atoms with E-state index in [1.807, 2.05) is 35.2 Å². The molecule has 1 saturated carbocycles. The summed E-state index contributed by atoms with van der Waals surface area (Å²) in [4.78, 5) is 30.0. The molecule has 2 aliphatic rings. The Balaban J connectivity index is 1.65. The van der Waals surface area contributed by atoms with E-state index in [1.165, 1.54) is 6.42 Å². The Morgan fingerprint density at radius 2 is 1.97 bits per heavy atom. The van der Waals surface area contributed by atoms with Crippen LogP contribution in [0, 0.1) is 5.92 Å². The second-order valence-electron chi connectivity index (χ2n) is 8.70. The highest BCUT2D eigenvalue weighted by Crippen LogP contribution is 2.32. The molecule has 2 fully saturated rings. The first kappa shape index (κ1) is 21.5. The quantitative estimate of drug-likeness (QED) is 0.612. The summed E-state index contributed by atoms with van der Waals surface area (Å²) in [6.45, 7) is 5.21. The van der Waals surface area contributed by atoms with Crippen molar-refractivity contribution >= 4 is 23.2 Å². The van der Waals surface area contributed by atoms with Crippen LogP contribution in [0.2, 0.25) is 0 Å². The van der Waals surface area contributed by atoms with Crippen molar-refractivity contribution in [1.29, 1.82) is 0 Å². The van der Waals surface area contributed by atoms with Gasteiger partial charge in [-0.3, -0.25) is 9.59 Å². The summed E-state index contributed by atoms with van der Waals surface area (Å²) >= 11 is 0. The predicted octanol–water partition coefficient (Wildman–Crippen LogP) is 5.06. The number of hydrogen-bond donors (Lipinski definition) is 1. The first-order chi connectivity index (χ1) is 15.2. The molecular formula is C25H33N3O3. The second-order valence-corrected chi connectivity index (χ2v) is 8.70. The predicted molar refractivity (Wildman–Crippen MR) is 122 cm³/mol. The van der Waals surface area contributed by atoms with Gasteiger partial charge in [0.05, 0.1) is 24.1 Å². The lowest BCUT2D eigenvalue weighted by atomic mass is 10.1. The van der Waals surface area contributed by atoms with Crippen molar-refractivity contribution in [2.45, 2.75) is 58.4 Å². The van der Waals surface area contributed by atoms with Crippen molar-refractivity contribution in [3.05, 3.63) is 47.9 Å². The highest BCUT2D eigenvalue weighted by Gasteiger charge is 2.30. The number of nitrogens with one attached hydrogen (secondary N) is 1. The van der Waals surface area contributed by atoms with Crippen LogP contribution >= 0.6 is 0 Å². The molecule has 166 valence electrons. The van der Waals surface area contributed by atoms with Crippen LogP contribution < -0.4 is 10.2 Å². The van der Waals surface area contributed by atoms with E-state index >= 15 is 0 Å². The number of benzene rings is 1. The van der Waals surface area contributed by atoms with Crippen molar-refractivity contribution in [3.63, 3.8) is 0 Å². The van der Waals surface area contributed by atoms with Gasteiger partial charge in [0, 0.05) is 31.2 Å². The summed E-state index contributed by atoms with van der Waals surface area (Å²) in [6, 6.07) is 9.63. The zero-order chi connectivity index (χ0) is 21.6. The molecule has 1 aliphatic heterocycles. The zero-order valence-corrected chi connectivity index (χ0v) is 18.4. The van der Waals surface area contributed by atoms with Gasteiger partial charge in [-0.15, -0.1) is 0 Å². The maximum atomic E-state index is 13.5. The smallest absolute Gasteiger partial charge is 0.256 e. The maximum Gasteiger partial charge on any atom is 0.256 e. The van der Waals surface area contributed by atoms with Crippen LogP contribution in [0.15, 0.2) is 41.0 Å². The van der Waals surface area contributed by atoms with Gasteiger partial charge < -0.3 is 19.5 Å². The van der Waals surface area contributed by atoms with Crippen LogP contribution in [-0.2, 0) is 11.3 Å². The average molecular weight is 424 g/mol. The molecule has 0 spiro atoms. The highest BCUT2D eigenvalue weighted by atomic mass is 16.3. The van der Waals surface area contributed by atoms with Crippen molar-refractivity contribution in [2.24, 2.45) is 5.92 Å². The van der Waals surface area contributed by atoms with E-state index in [9.17, 15) is 9.59 Å². The van der Waals surface area contributed by atoms with Gasteiger partial charge >= 0.3 is 0 Å². The number of rotatable bonds is 9. The lowest BCUT2D eigenvalue weighted by molar-refractivity contribution is -0.117. The molecule has 31 heavy (non-hydrogen) atoms. The van der Waals surface area contributed by atoms with E-state index in [4.69, 9.17) is 4.42 Å². The summed E-state index contributed by atoms with van der Waals surface area (Å²) in [6.07, 6.45) is 8.96. The van der Waals surface area contributed by atoms with Crippen molar-refractivity contribution in [2.75, 3.05) is 29.9 Å². The first-order valence-electron chi connectivity index (χ1n) is 11.7. The molecule has 2 aromatic rings. The summed E-state index contributed by atoms with van der Waals surface area (Å²) in [7, 11) is 0. The minimum atomic E-state index is 0.0539. The Morgan fingerprint density at radius 1 is 1.16 bits per heavy atom. The number of nitrogens with zero attached hydrogens (tertiary/aromatic N) is 2. The first-order valence-corrected chi connectivity index (χ1v) is 11.7. The molecule has 1 aromatic carbocycles. The summed E-state index contributed by atoms with van der Waals surface area (Å²) in [5.41, 5.74) is 2.28. The van der Waals surface area contributed by atoms with E-state index in [0.717, 1.165) is 69.6 Å². The second kappa shape index (κ2) is 10.0. The van der Waals surface area contributed by atoms with Crippen LogP contribution in [-0.4, -0.2) is 36.3 Å². The topological polar surface area (TPSA) is 65.8 Å². The molecule has 1 N–H and O–H groups in total. The van der Waals surface area contributed by atoms with E-state index in [-0.39, 0.29) is 17.7 Å². The number of likely N-dealkylation sites (tertiary alicyclic amines) is 1. The number of unbranched alkanes of at least 4 members (excludes halogenated alkanes) is 1. The molecule has 0 radical (unpaired) electrons. The summed E-state index contributed by atoms with van der Waals surface area (Å²) in [5.74, 6) is 1.11. The van der Waals surface area contributed by atoms with Crippen LogP contribution in [0.5, 0.6) is 0 Å². The molecule has 6 heteroatoms. The number of furan rings is 1. The van der Waals surface area contributed by atoms with Gasteiger partial charge in [-0.25, -0.2) is 0 Å². The molecule has 2 amide bonds. The van der Waals surface area contributed by atoms with E-state index in [1.54, 1.807) is 6.26 Å². The molecule has 1 aromatic heterocycles. The van der Waals surface area contributed by atoms with Crippen molar-refractivity contribution in [1.82, 2.24) is 4.90 Å². The molecule has 4 rings (SSSR count). The van der Waals surface area contributed by atoms with Crippen molar-refractivity contribution in [3.8, 4) is 0 Å². The lowest BCUT2D eigenvalue weighted by Crippen LogP contribution is -2.37. The fraction of sp³-hybridized carbons (Fsp3) is 0.520. The fourth-order valence-electron chi connectivity index (χ4n) is 4.14. The molecule has 2 heterocycles. The van der Waals surface area contributed by atoms with Crippen molar-refractivity contribution < 1.29 is 14.0 Å². The Bertz CT molecular complexity index is 883. The van der Waals surface area contributed by atoms with Crippen LogP contribution in [0.3, 0.4) is 0 Å². The molecular weight excluding hydrogens is 390 g/mol. The van der Waals surface area contributed by atoms with E-state index in [2.05, 4.69) is 17.1 Å². The average Bonchev–Trinajstić information content (AvgIpc) is 3.53. The van der Waals surface area contributed by atoms with Crippen LogP contribution in [0.1, 0.15) is 68.0 Å². The normalized spacial score (nSPS) is 16.2. The van der Waals surface area contributed by atoms with Gasteiger partial charge in [0.15, 0.2) is 0 Å². The SMILES string of the molecule is CCCCN(Cc1ccco1)c1ccc(NC(=O)C2CC2)cc1C(=O)N1CCCCC1. The van der Waals surface area contributed by atoms with Gasteiger partial charge in [-0.05, 0) is 68.9 Å². The van der Waals surface area contributed by atoms with Crippen LogP contribution in [0.4, 0.5) is 11.4 Å². The third kappa shape index (κ3) is 5.49.